The molecule has 1 aromatic rings. The molecule has 0 atom stereocenters. The van der Waals surface area contributed by atoms with Gasteiger partial charge in [0.15, 0.2) is 0 Å². The van der Waals surface area contributed by atoms with Gasteiger partial charge in [-0.2, -0.15) is 0 Å². The molecule has 0 spiro atoms. The van der Waals surface area contributed by atoms with Gasteiger partial charge in [0.05, 0.1) is 5.69 Å². The van der Waals surface area contributed by atoms with Crippen molar-refractivity contribution in [2.24, 2.45) is 5.92 Å². The summed E-state index contributed by atoms with van der Waals surface area (Å²) in [5, 5.41) is 5.44. The summed E-state index contributed by atoms with van der Waals surface area (Å²) in [6.07, 6.45) is 5.82. The Bertz CT molecular complexity index is 636. The number of halogens is 1. The number of aryl methyl sites for hydroxylation is 1. The maximum absolute atomic E-state index is 13.8. The molecule has 1 aromatic carbocycles. The monoisotopic (exact) mass is 347 g/mol. The lowest BCUT2D eigenvalue weighted by Crippen LogP contribution is -2.48. The van der Waals surface area contributed by atoms with Crippen molar-refractivity contribution < 1.29 is 14.0 Å². The van der Waals surface area contributed by atoms with Gasteiger partial charge >= 0.3 is 6.03 Å². The maximum Gasteiger partial charge on any atom is 0.319 e. The first-order valence-corrected chi connectivity index (χ1v) is 9.15. The number of hydrogen-bond donors (Lipinski definition) is 2. The Kier molecular flexibility index (Phi) is 5.56. The minimum Gasteiger partial charge on any atom is -0.342 e. The molecule has 6 heteroatoms. The number of likely N-dealkylation sites (tertiary alicyclic amines) is 1. The highest BCUT2D eigenvalue weighted by molar-refractivity contribution is 5.89. The van der Waals surface area contributed by atoms with Crippen LogP contribution in [0.25, 0.3) is 0 Å². The molecule has 25 heavy (non-hydrogen) atoms. The number of hydrogen-bond acceptors (Lipinski definition) is 2. The summed E-state index contributed by atoms with van der Waals surface area (Å²) in [6, 6.07) is 4.33. The summed E-state index contributed by atoms with van der Waals surface area (Å²) in [5.41, 5.74) is 0.986. The molecular formula is C19H26FN3O2. The topological polar surface area (TPSA) is 61.4 Å². The number of amides is 3. The second-order valence-electron chi connectivity index (χ2n) is 7.16. The van der Waals surface area contributed by atoms with Crippen molar-refractivity contribution >= 4 is 17.6 Å². The summed E-state index contributed by atoms with van der Waals surface area (Å²) in [4.78, 5) is 26.4. The quantitative estimate of drug-likeness (QED) is 0.880. The highest BCUT2D eigenvalue weighted by atomic mass is 19.1. The number of anilines is 1. The van der Waals surface area contributed by atoms with Crippen molar-refractivity contribution in [1.29, 1.82) is 0 Å². The van der Waals surface area contributed by atoms with E-state index in [0.29, 0.717) is 13.1 Å². The molecule has 2 fully saturated rings. The second kappa shape index (κ2) is 7.85. The van der Waals surface area contributed by atoms with Crippen LogP contribution >= 0.6 is 0 Å². The van der Waals surface area contributed by atoms with Crippen molar-refractivity contribution in [1.82, 2.24) is 10.2 Å². The van der Waals surface area contributed by atoms with Gasteiger partial charge in [-0.25, -0.2) is 9.18 Å². The van der Waals surface area contributed by atoms with Gasteiger partial charge in [0.2, 0.25) is 5.91 Å². The predicted molar refractivity (Wildman–Crippen MR) is 94.9 cm³/mol. The normalized spacial score (nSPS) is 19.0. The van der Waals surface area contributed by atoms with Gasteiger partial charge in [0, 0.05) is 25.0 Å². The molecule has 1 saturated carbocycles. The number of nitrogens with one attached hydrogen (secondary N) is 2. The summed E-state index contributed by atoms with van der Waals surface area (Å²) in [6.45, 7) is 3.16. The third-order valence-corrected chi connectivity index (χ3v) is 5.22. The number of carbonyl (C=O) groups excluding carboxylic acids is 2. The molecule has 1 aliphatic carbocycles. The van der Waals surface area contributed by atoms with E-state index in [2.05, 4.69) is 10.6 Å². The van der Waals surface area contributed by atoms with E-state index >= 15 is 0 Å². The Morgan fingerprint density at radius 2 is 1.80 bits per heavy atom. The zero-order chi connectivity index (χ0) is 17.8. The van der Waals surface area contributed by atoms with Crippen LogP contribution in [-0.4, -0.2) is 36.0 Å². The summed E-state index contributed by atoms with van der Waals surface area (Å²) < 4.78 is 13.8. The number of urea groups is 1. The van der Waals surface area contributed by atoms with Crippen LogP contribution in [0.1, 0.15) is 44.1 Å². The average Bonchev–Trinajstić information content (AvgIpc) is 3.12. The molecule has 1 saturated heterocycles. The van der Waals surface area contributed by atoms with Gasteiger partial charge in [0.1, 0.15) is 5.82 Å². The van der Waals surface area contributed by atoms with Crippen LogP contribution < -0.4 is 10.6 Å². The molecule has 0 unspecified atom stereocenters. The smallest absolute Gasteiger partial charge is 0.319 e. The van der Waals surface area contributed by atoms with Crippen LogP contribution in [0.3, 0.4) is 0 Å². The number of carbonyl (C=O) groups is 2. The second-order valence-corrected chi connectivity index (χ2v) is 7.16. The highest BCUT2D eigenvalue weighted by Crippen LogP contribution is 2.27. The summed E-state index contributed by atoms with van der Waals surface area (Å²) in [7, 11) is 0. The first-order chi connectivity index (χ1) is 12.0. The standard InChI is InChI=1S/C19H26FN3O2/c1-13-6-7-17(16(20)12-13)22-19(25)21-15-8-10-23(11-9-15)18(24)14-4-2-3-5-14/h6-7,12,14-15H,2-5,8-11H2,1H3,(H2,21,22,25). The zero-order valence-electron chi connectivity index (χ0n) is 14.7. The fourth-order valence-electron chi connectivity index (χ4n) is 3.74. The van der Waals surface area contributed by atoms with Crippen molar-refractivity contribution in [3.8, 4) is 0 Å². The van der Waals surface area contributed by atoms with Gasteiger partial charge in [-0.15, -0.1) is 0 Å². The molecule has 2 N–H and O–H groups in total. The lowest BCUT2D eigenvalue weighted by atomic mass is 10.0. The zero-order valence-corrected chi connectivity index (χ0v) is 14.7. The lowest BCUT2D eigenvalue weighted by Gasteiger charge is -2.33. The summed E-state index contributed by atoms with van der Waals surface area (Å²) >= 11 is 0. The molecule has 2 aliphatic rings. The van der Waals surface area contributed by atoms with Crippen molar-refractivity contribution in [2.75, 3.05) is 18.4 Å². The van der Waals surface area contributed by atoms with E-state index in [9.17, 15) is 14.0 Å². The van der Waals surface area contributed by atoms with Crippen LogP contribution in [0.15, 0.2) is 18.2 Å². The third-order valence-electron chi connectivity index (χ3n) is 5.22. The molecule has 5 nitrogen and oxygen atoms in total. The van der Waals surface area contributed by atoms with Gasteiger partial charge in [0.25, 0.3) is 0 Å². The third kappa shape index (κ3) is 4.50. The number of nitrogens with zero attached hydrogens (tertiary/aromatic N) is 1. The van der Waals surface area contributed by atoms with Crippen LogP contribution in [0.2, 0.25) is 0 Å². The molecule has 136 valence electrons. The van der Waals surface area contributed by atoms with Gasteiger partial charge < -0.3 is 15.5 Å². The molecule has 0 radical (unpaired) electrons. The Balaban J connectivity index is 1.45. The number of rotatable bonds is 3. The van der Waals surface area contributed by atoms with Crippen molar-refractivity contribution in [2.45, 2.75) is 51.5 Å². The van der Waals surface area contributed by atoms with Crippen LogP contribution in [0, 0.1) is 18.7 Å². The predicted octanol–water partition coefficient (Wildman–Crippen LogP) is 3.44. The Hall–Kier alpha value is -2.11. The SMILES string of the molecule is Cc1ccc(NC(=O)NC2CCN(C(=O)C3CCCC3)CC2)c(F)c1. The van der Waals surface area contributed by atoms with E-state index in [-0.39, 0.29) is 23.6 Å². The van der Waals surface area contributed by atoms with Crippen molar-refractivity contribution in [3.63, 3.8) is 0 Å². The fourth-order valence-corrected chi connectivity index (χ4v) is 3.74. The Morgan fingerprint density at radius 1 is 1.12 bits per heavy atom. The van der Waals surface area contributed by atoms with E-state index in [1.807, 2.05) is 4.90 Å². The van der Waals surface area contributed by atoms with E-state index in [1.165, 1.54) is 6.07 Å². The molecule has 1 aliphatic heterocycles. The Labute approximate surface area is 148 Å². The van der Waals surface area contributed by atoms with Crippen LogP contribution in [0.5, 0.6) is 0 Å². The lowest BCUT2D eigenvalue weighted by molar-refractivity contribution is -0.136. The first-order valence-electron chi connectivity index (χ1n) is 9.15. The highest BCUT2D eigenvalue weighted by Gasteiger charge is 2.30. The molecular weight excluding hydrogens is 321 g/mol. The minimum absolute atomic E-state index is 0.0149. The van der Waals surface area contributed by atoms with Gasteiger partial charge in [-0.1, -0.05) is 18.9 Å². The molecule has 3 amide bonds. The molecule has 0 aromatic heterocycles. The molecule has 3 rings (SSSR count). The molecule has 1 heterocycles. The number of benzene rings is 1. The fraction of sp³-hybridized carbons (Fsp3) is 0.579. The van der Waals surface area contributed by atoms with Crippen LogP contribution in [-0.2, 0) is 4.79 Å². The van der Waals surface area contributed by atoms with Crippen molar-refractivity contribution in [3.05, 3.63) is 29.6 Å². The van der Waals surface area contributed by atoms with E-state index in [4.69, 9.17) is 0 Å². The van der Waals surface area contributed by atoms with Gasteiger partial charge in [-0.05, 0) is 50.3 Å². The maximum atomic E-state index is 13.8. The largest absolute Gasteiger partial charge is 0.342 e. The van der Waals surface area contributed by atoms with E-state index in [0.717, 1.165) is 44.1 Å². The number of piperidine rings is 1. The minimum atomic E-state index is -0.438. The first kappa shape index (κ1) is 17.7. The van der Waals surface area contributed by atoms with Gasteiger partial charge in [-0.3, -0.25) is 4.79 Å². The summed E-state index contributed by atoms with van der Waals surface area (Å²) in [5.74, 6) is 0.0478. The van der Waals surface area contributed by atoms with E-state index < -0.39 is 11.8 Å². The average molecular weight is 347 g/mol. The Morgan fingerprint density at radius 3 is 2.44 bits per heavy atom. The van der Waals surface area contributed by atoms with E-state index in [1.54, 1.807) is 19.1 Å². The van der Waals surface area contributed by atoms with Crippen LogP contribution in [0.4, 0.5) is 14.9 Å². The molecule has 0 bridgehead atoms.